The maximum atomic E-state index is 5.83. The maximum absolute atomic E-state index is 5.83. The Morgan fingerprint density at radius 3 is 3.12 bits per heavy atom. The van der Waals surface area contributed by atoms with Crippen LogP contribution in [-0.4, -0.2) is 26.8 Å². The average Bonchev–Trinajstić information content (AvgIpc) is 2.88. The highest BCUT2D eigenvalue weighted by Gasteiger charge is 2.29. The van der Waals surface area contributed by atoms with E-state index in [-0.39, 0.29) is 5.25 Å². The van der Waals surface area contributed by atoms with Crippen LogP contribution in [0, 0.1) is 0 Å². The SMILES string of the molecule is NCC(Sc1nnnn1C1CC1)c1ccsc1. The largest absolute Gasteiger partial charge is 0.329 e. The van der Waals surface area contributed by atoms with E-state index < -0.39 is 0 Å². The highest BCUT2D eigenvalue weighted by atomic mass is 32.2. The molecule has 3 rings (SSSR count). The van der Waals surface area contributed by atoms with Crippen molar-refractivity contribution < 1.29 is 0 Å². The number of nitrogens with two attached hydrogens (primary N) is 1. The Bertz CT molecular complexity index is 477. The van der Waals surface area contributed by atoms with Crippen molar-refractivity contribution in [3.05, 3.63) is 22.4 Å². The molecule has 0 amide bonds. The molecule has 1 fully saturated rings. The van der Waals surface area contributed by atoms with Gasteiger partial charge in [0.1, 0.15) is 0 Å². The molecule has 90 valence electrons. The van der Waals surface area contributed by atoms with E-state index in [4.69, 9.17) is 5.73 Å². The summed E-state index contributed by atoms with van der Waals surface area (Å²) >= 11 is 3.35. The molecule has 2 aromatic heterocycles. The molecule has 0 spiro atoms. The van der Waals surface area contributed by atoms with Crippen molar-refractivity contribution in [2.45, 2.75) is 29.3 Å². The van der Waals surface area contributed by atoms with E-state index in [1.165, 1.54) is 18.4 Å². The van der Waals surface area contributed by atoms with E-state index in [2.05, 4.69) is 32.4 Å². The molecule has 1 atom stereocenters. The third-order valence-electron chi connectivity index (χ3n) is 2.73. The fraction of sp³-hybridized carbons (Fsp3) is 0.500. The van der Waals surface area contributed by atoms with Crippen LogP contribution in [0.1, 0.15) is 29.7 Å². The molecule has 0 bridgehead atoms. The second kappa shape index (κ2) is 4.75. The van der Waals surface area contributed by atoms with Crippen LogP contribution < -0.4 is 5.73 Å². The molecule has 0 radical (unpaired) electrons. The predicted molar refractivity (Wildman–Crippen MR) is 68.1 cm³/mol. The second-order valence-corrected chi connectivity index (χ2v) is 5.99. The van der Waals surface area contributed by atoms with Gasteiger partial charge in [-0.15, -0.1) is 5.10 Å². The normalized spacial score (nSPS) is 17.2. The number of thiophene rings is 1. The lowest BCUT2D eigenvalue weighted by atomic mass is 10.2. The zero-order chi connectivity index (χ0) is 11.7. The Morgan fingerprint density at radius 1 is 1.59 bits per heavy atom. The van der Waals surface area contributed by atoms with E-state index >= 15 is 0 Å². The highest BCUT2D eigenvalue weighted by Crippen LogP contribution is 2.40. The number of hydrogen-bond donors (Lipinski definition) is 1. The molecule has 2 N–H and O–H groups in total. The molecule has 0 aliphatic heterocycles. The second-order valence-electron chi connectivity index (χ2n) is 4.04. The molecule has 1 unspecified atom stereocenters. The first kappa shape index (κ1) is 11.2. The van der Waals surface area contributed by atoms with Crippen LogP contribution in [0.15, 0.2) is 22.0 Å². The molecular formula is C10H13N5S2. The van der Waals surface area contributed by atoms with Gasteiger partial charge in [-0.25, -0.2) is 4.68 Å². The number of tetrazole rings is 1. The molecule has 2 aromatic rings. The number of hydrogen-bond acceptors (Lipinski definition) is 6. The number of rotatable bonds is 5. The lowest BCUT2D eigenvalue weighted by Crippen LogP contribution is -2.10. The maximum Gasteiger partial charge on any atom is 0.210 e. The van der Waals surface area contributed by atoms with Gasteiger partial charge in [-0.05, 0) is 45.7 Å². The van der Waals surface area contributed by atoms with Gasteiger partial charge in [0.25, 0.3) is 0 Å². The average molecular weight is 267 g/mol. The van der Waals surface area contributed by atoms with Crippen LogP contribution >= 0.6 is 23.1 Å². The molecule has 1 aliphatic carbocycles. The molecule has 17 heavy (non-hydrogen) atoms. The Balaban J connectivity index is 1.78. The Labute approximate surface area is 107 Å². The first-order valence-corrected chi connectivity index (χ1v) is 7.37. The van der Waals surface area contributed by atoms with E-state index in [1.807, 2.05) is 4.68 Å². The van der Waals surface area contributed by atoms with Gasteiger partial charge in [-0.1, -0.05) is 11.8 Å². The minimum atomic E-state index is 0.241. The highest BCUT2D eigenvalue weighted by molar-refractivity contribution is 7.99. The number of thioether (sulfide) groups is 1. The van der Waals surface area contributed by atoms with Crippen molar-refractivity contribution in [3.63, 3.8) is 0 Å². The fourth-order valence-corrected chi connectivity index (χ4v) is 3.46. The van der Waals surface area contributed by atoms with Gasteiger partial charge in [-0.3, -0.25) is 0 Å². The van der Waals surface area contributed by atoms with Crippen molar-refractivity contribution in [2.75, 3.05) is 6.54 Å². The van der Waals surface area contributed by atoms with Crippen molar-refractivity contribution in [2.24, 2.45) is 5.73 Å². The van der Waals surface area contributed by atoms with Crippen molar-refractivity contribution >= 4 is 23.1 Å². The van der Waals surface area contributed by atoms with Crippen molar-refractivity contribution in [1.82, 2.24) is 20.2 Å². The van der Waals surface area contributed by atoms with Crippen molar-refractivity contribution in [1.29, 1.82) is 0 Å². The molecule has 0 aromatic carbocycles. The van der Waals surface area contributed by atoms with Crippen LogP contribution in [0.2, 0.25) is 0 Å². The Morgan fingerprint density at radius 2 is 2.47 bits per heavy atom. The Kier molecular flexibility index (Phi) is 3.13. The van der Waals surface area contributed by atoms with Gasteiger partial charge in [0, 0.05) is 6.54 Å². The van der Waals surface area contributed by atoms with Gasteiger partial charge in [0.2, 0.25) is 5.16 Å². The minimum Gasteiger partial charge on any atom is -0.329 e. The molecule has 7 heteroatoms. The van der Waals surface area contributed by atoms with Crippen LogP contribution in [0.3, 0.4) is 0 Å². The zero-order valence-corrected chi connectivity index (χ0v) is 10.8. The molecule has 0 saturated heterocycles. The lowest BCUT2D eigenvalue weighted by Gasteiger charge is -2.11. The fourth-order valence-electron chi connectivity index (χ4n) is 1.65. The van der Waals surface area contributed by atoms with E-state index in [1.54, 1.807) is 23.1 Å². The summed E-state index contributed by atoms with van der Waals surface area (Å²) < 4.78 is 1.93. The Hall–Kier alpha value is -0.920. The van der Waals surface area contributed by atoms with Crippen LogP contribution in [0.25, 0.3) is 0 Å². The molecule has 1 aliphatic rings. The first-order chi connectivity index (χ1) is 8.38. The summed E-state index contributed by atoms with van der Waals surface area (Å²) in [5, 5.41) is 17.2. The zero-order valence-electron chi connectivity index (χ0n) is 9.19. The summed E-state index contributed by atoms with van der Waals surface area (Å²) in [6.07, 6.45) is 2.37. The third-order valence-corrected chi connectivity index (χ3v) is 4.66. The van der Waals surface area contributed by atoms with E-state index in [0.29, 0.717) is 12.6 Å². The number of aromatic nitrogens is 4. The van der Waals surface area contributed by atoms with E-state index in [9.17, 15) is 0 Å². The quantitative estimate of drug-likeness (QED) is 0.837. The van der Waals surface area contributed by atoms with Gasteiger partial charge in [0.15, 0.2) is 0 Å². The number of nitrogens with zero attached hydrogens (tertiary/aromatic N) is 4. The minimum absolute atomic E-state index is 0.241. The summed E-state index contributed by atoms with van der Waals surface area (Å²) in [5.74, 6) is 0. The van der Waals surface area contributed by atoms with Gasteiger partial charge in [-0.2, -0.15) is 11.3 Å². The smallest absolute Gasteiger partial charge is 0.210 e. The summed E-state index contributed by atoms with van der Waals surface area (Å²) in [6, 6.07) is 2.62. The lowest BCUT2D eigenvalue weighted by molar-refractivity contribution is 0.564. The first-order valence-electron chi connectivity index (χ1n) is 5.55. The van der Waals surface area contributed by atoms with Crippen LogP contribution in [0.5, 0.6) is 0 Å². The summed E-state index contributed by atoms with van der Waals surface area (Å²) in [4.78, 5) is 0. The standard InChI is InChI=1S/C10H13N5S2/c11-5-9(7-3-4-16-6-7)17-10-12-13-14-15(10)8-1-2-8/h3-4,6,8-9H,1-2,5,11H2. The van der Waals surface area contributed by atoms with E-state index in [0.717, 1.165) is 5.16 Å². The van der Waals surface area contributed by atoms with Crippen LogP contribution in [-0.2, 0) is 0 Å². The third kappa shape index (κ3) is 2.36. The van der Waals surface area contributed by atoms with Gasteiger partial charge >= 0.3 is 0 Å². The topological polar surface area (TPSA) is 69.6 Å². The van der Waals surface area contributed by atoms with Gasteiger partial charge < -0.3 is 5.73 Å². The monoisotopic (exact) mass is 267 g/mol. The summed E-state index contributed by atoms with van der Waals surface area (Å²) in [6.45, 7) is 0.596. The molecule has 5 nitrogen and oxygen atoms in total. The van der Waals surface area contributed by atoms with Crippen LogP contribution in [0.4, 0.5) is 0 Å². The molecular weight excluding hydrogens is 254 g/mol. The summed E-state index contributed by atoms with van der Waals surface area (Å²) in [7, 11) is 0. The molecule has 1 saturated carbocycles. The predicted octanol–water partition coefficient (Wildman–Crippen LogP) is 1.86. The van der Waals surface area contributed by atoms with Crippen molar-refractivity contribution in [3.8, 4) is 0 Å². The summed E-state index contributed by atoms with van der Waals surface area (Å²) in [5.41, 5.74) is 7.09. The van der Waals surface area contributed by atoms with Gasteiger partial charge in [0.05, 0.1) is 11.3 Å². The molecule has 2 heterocycles.